The Labute approximate surface area is 126 Å². The molecule has 1 aromatic rings. The third kappa shape index (κ3) is 5.26. The molecule has 0 bridgehead atoms. The van der Waals surface area contributed by atoms with Gasteiger partial charge in [-0.15, -0.1) is 0 Å². The highest BCUT2D eigenvalue weighted by Gasteiger charge is 2.22. The van der Waals surface area contributed by atoms with E-state index in [4.69, 9.17) is 18.0 Å². The first-order chi connectivity index (χ1) is 8.30. The van der Waals surface area contributed by atoms with Crippen LogP contribution in [0.15, 0.2) is 28.7 Å². The molecule has 0 saturated carbocycles. The summed E-state index contributed by atoms with van der Waals surface area (Å²) in [4.78, 5) is 0. The number of hydrogen-bond donors (Lipinski definition) is 1. The van der Waals surface area contributed by atoms with Crippen molar-refractivity contribution >= 4 is 54.1 Å². The van der Waals surface area contributed by atoms with Crippen LogP contribution in [-0.2, 0) is 9.84 Å². The summed E-state index contributed by atoms with van der Waals surface area (Å²) >= 11 is 9.40. The van der Waals surface area contributed by atoms with E-state index in [0.29, 0.717) is 16.5 Å². The lowest BCUT2D eigenvalue weighted by molar-refractivity contribution is 0.586. The van der Waals surface area contributed by atoms with Crippen molar-refractivity contribution in [2.45, 2.75) is 11.7 Å². The quantitative estimate of drug-likeness (QED) is 0.810. The fourth-order valence-electron chi connectivity index (χ4n) is 1.57. The first kappa shape index (κ1) is 15.9. The van der Waals surface area contributed by atoms with Crippen LogP contribution < -0.4 is 5.73 Å². The fourth-order valence-corrected chi connectivity index (χ4v) is 3.99. The second kappa shape index (κ2) is 6.88. The molecule has 1 unspecified atom stereocenters. The van der Waals surface area contributed by atoms with E-state index in [0.717, 1.165) is 10.0 Å². The summed E-state index contributed by atoms with van der Waals surface area (Å²) in [6, 6.07) is 7.32. The molecule has 2 N–H and O–H groups in total. The molecule has 7 heteroatoms. The molecule has 0 spiro atoms. The van der Waals surface area contributed by atoms with Crippen LogP contribution in [0.4, 0.5) is 0 Å². The second-order valence-corrected chi connectivity index (χ2v) is 8.80. The van der Waals surface area contributed by atoms with Crippen LogP contribution in [0.2, 0.25) is 0 Å². The predicted molar refractivity (Wildman–Crippen MR) is 85.6 cm³/mol. The summed E-state index contributed by atoms with van der Waals surface area (Å²) in [6.45, 7) is 0. The maximum absolute atomic E-state index is 11.8. The minimum absolute atomic E-state index is 0.345. The maximum atomic E-state index is 11.8. The van der Waals surface area contributed by atoms with Gasteiger partial charge in [0.2, 0.25) is 0 Å². The smallest absolute Gasteiger partial charge is 0.154 e. The molecule has 0 aromatic heterocycles. The normalized spacial score (nSPS) is 13.2. The van der Waals surface area contributed by atoms with E-state index in [9.17, 15) is 8.42 Å². The van der Waals surface area contributed by atoms with E-state index in [1.807, 2.05) is 24.3 Å². The first-order valence-electron chi connectivity index (χ1n) is 5.17. The van der Waals surface area contributed by atoms with Gasteiger partial charge < -0.3 is 5.73 Å². The van der Waals surface area contributed by atoms with Crippen LogP contribution in [0.5, 0.6) is 0 Å². The van der Waals surface area contributed by atoms with E-state index in [2.05, 4.69) is 15.9 Å². The van der Waals surface area contributed by atoms with Crippen LogP contribution >= 0.6 is 39.9 Å². The number of nitrogens with two attached hydrogens (primary N) is 1. The number of hydrogen-bond acceptors (Lipinski definition) is 4. The molecule has 0 fully saturated rings. The van der Waals surface area contributed by atoms with Crippen molar-refractivity contribution in [1.29, 1.82) is 0 Å². The van der Waals surface area contributed by atoms with Gasteiger partial charge in [0.1, 0.15) is 4.32 Å². The average Bonchev–Trinajstić information content (AvgIpc) is 2.24. The lowest BCUT2D eigenvalue weighted by Crippen LogP contribution is -2.13. The van der Waals surface area contributed by atoms with E-state index in [1.54, 1.807) is 0 Å². The van der Waals surface area contributed by atoms with Gasteiger partial charge in [0.25, 0.3) is 0 Å². The van der Waals surface area contributed by atoms with Crippen LogP contribution in [-0.4, -0.2) is 24.7 Å². The molecular formula is C11H14BrNO2S3. The molecule has 0 aliphatic heterocycles. The zero-order valence-electron chi connectivity index (χ0n) is 9.80. The third-order valence-electron chi connectivity index (χ3n) is 2.38. The molecule has 0 amide bonds. The average molecular weight is 368 g/mol. The monoisotopic (exact) mass is 367 g/mol. The van der Waals surface area contributed by atoms with Crippen LogP contribution in [0, 0.1) is 0 Å². The Bertz CT molecular complexity index is 514. The summed E-state index contributed by atoms with van der Waals surface area (Å²) in [6.07, 6.45) is 1.76. The largest absolute Gasteiger partial charge is 0.385 e. The van der Waals surface area contributed by atoms with Crippen molar-refractivity contribution in [3.8, 4) is 0 Å². The summed E-state index contributed by atoms with van der Waals surface area (Å²) < 4.78 is 24.9. The van der Waals surface area contributed by atoms with Crippen LogP contribution in [0.25, 0.3) is 0 Å². The first-order valence-corrected chi connectivity index (χ1v) is 9.31. The minimum Gasteiger partial charge on any atom is -0.385 e. The number of halogens is 1. The number of sulfone groups is 1. The van der Waals surface area contributed by atoms with E-state index in [1.165, 1.54) is 18.0 Å². The third-order valence-corrected chi connectivity index (χ3v) is 5.53. The van der Waals surface area contributed by atoms with Gasteiger partial charge in [-0.3, -0.25) is 0 Å². The highest BCUT2D eigenvalue weighted by atomic mass is 79.9. The van der Waals surface area contributed by atoms with Gasteiger partial charge in [-0.25, -0.2) is 8.42 Å². The molecule has 1 aromatic carbocycles. The van der Waals surface area contributed by atoms with Crippen molar-refractivity contribution in [1.82, 2.24) is 0 Å². The minimum atomic E-state index is -3.14. The van der Waals surface area contributed by atoms with Gasteiger partial charge in [0.15, 0.2) is 9.84 Å². The molecule has 0 saturated heterocycles. The molecule has 0 aliphatic carbocycles. The lowest BCUT2D eigenvalue weighted by Gasteiger charge is -2.15. The SMILES string of the molecule is CS(=O)(=O)C(CCSC(N)=S)c1ccc(Br)cc1. The standard InChI is InChI=1S/C11H14BrNO2S3/c1-18(14,15)10(6-7-17-11(13)16)8-2-4-9(12)5-3-8/h2-5,10H,6-7H2,1H3,(H2,13,16). The molecule has 0 radical (unpaired) electrons. The van der Waals surface area contributed by atoms with Gasteiger partial charge in [0, 0.05) is 16.5 Å². The highest BCUT2D eigenvalue weighted by Crippen LogP contribution is 2.28. The highest BCUT2D eigenvalue weighted by molar-refractivity contribution is 9.10. The zero-order chi connectivity index (χ0) is 13.8. The van der Waals surface area contributed by atoms with E-state index >= 15 is 0 Å². The molecular weight excluding hydrogens is 354 g/mol. The molecule has 0 aliphatic rings. The number of thioether (sulfide) groups is 1. The Hall–Kier alpha value is -0.110. The molecule has 1 rings (SSSR count). The predicted octanol–water partition coefficient (Wildman–Crippen LogP) is 2.90. The van der Waals surface area contributed by atoms with Gasteiger partial charge in [-0.2, -0.15) is 0 Å². The van der Waals surface area contributed by atoms with Crippen molar-refractivity contribution in [2.75, 3.05) is 12.0 Å². The molecule has 100 valence electrons. The van der Waals surface area contributed by atoms with Gasteiger partial charge in [0.05, 0.1) is 5.25 Å². The topological polar surface area (TPSA) is 60.2 Å². The van der Waals surface area contributed by atoms with Crippen molar-refractivity contribution in [2.24, 2.45) is 5.73 Å². The number of rotatable bonds is 5. The number of thiocarbonyl (C=S) groups is 1. The van der Waals surface area contributed by atoms with Gasteiger partial charge in [-0.1, -0.05) is 52.0 Å². The molecule has 1 atom stereocenters. The Kier molecular flexibility index (Phi) is 6.10. The summed E-state index contributed by atoms with van der Waals surface area (Å²) in [5, 5.41) is -0.507. The summed E-state index contributed by atoms with van der Waals surface area (Å²) in [7, 11) is -3.14. The maximum Gasteiger partial charge on any atom is 0.154 e. The Morgan fingerprint density at radius 1 is 1.44 bits per heavy atom. The van der Waals surface area contributed by atoms with E-state index in [-0.39, 0.29) is 0 Å². The molecule has 18 heavy (non-hydrogen) atoms. The Morgan fingerprint density at radius 2 is 2.00 bits per heavy atom. The van der Waals surface area contributed by atoms with Crippen molar-refractivity contribution in [3.63, 3.8) is 0 Å². The van der Waals surface area contributed by atoms with Crippen LogP contribution in [0.1, 0.15) is 17.2 Å². The van der Waals surface area contributed by atoms with Gasteiger partial charge in [-0.05, 0) is 24.1 Å². The molecule has 3 nitrogen and oxygen atoms in total. The Balaban J connectivity index is 2.86. The van der Waals surface area contributed by atoms with E-state index < -0.39 is 15.1 Å². The fraction of sp³-hybridized carbons (Fsp3) is 0.364. The second-order valence-electron chi connectivity index (χ2n) is 3.83. The van der Waals surface area contributed by atoms with Crippen molar-refractivity contribution < 1.29 is 8.42 Å². The van der Waals surface area contributed by atoms with Crippen molar-refractivity contribution in [3.05, 3.63) is 34.3 Å². The van der Waals surface area contributed by atoms with Gasteiger partial charge >= 0.3 is 0 Å². The lowest BCUT2D eigenvalue weighted by atomic mass is 10.1. The summed E-state index contributed by atoms with van der Waals surface area (Å²) in [5.41, 5.74) is 6.18. The number of benzene rings is 1. The van der Waals surface area contributed by atoms with Crippen LogP contribution in [0.3, 0.4) is 0 Å². The zero-order valence-corrected chi connectivity index (χ0v) is 13.8. The molecule has 0 heterocycles. The Morgan fingerprint density at radius 3 is 2.44 bits per heavy atom. The summed E-state index contributed by atoms with van der Waals surface area (Å²) in [5.74, 6) is 0.600.